The van der Waals surface area contributed by atoms with E-state index < -0.39 is 0 Å². The van der Waals surface area contributed by atoms with E-state index in [4.69, 9.17) is 0 Å². The van der Waals surface area contributed by atoms with Crippen LogP contribution in [0.4, 0.5) is 4.39 Å². The van der Waals surface area contributed by atoms with Gasteiger partial charge in [0, 0.05) is 29.7 Å². The van der Waals surface area contributed by atoms with Crippen molar-refractivity contribution < 1.29 is 9.50 Å². The van der Waals surface area contributed by atoms with Crippen molar-refractivity contribution in [2.45, 2.75) is 17.9 Å². The Morgan fingerprint density at radius 3 is 2.65 bits per heavy atom. The fourth-order valence-corrected chi connectivity index (χ4v) is 3.16. The number of hydrogen-bond donors (Lipinski definition) is 1. The van der Waals surface area contributed by atoms with Crippen LogP contribution in [0.1, 0.15) is 6.92 Å². The molecule has 0 aliphatic carbocycles. The minimum Gasteiger partial charge on any atom is -0.391 e. The monoisotopic (exact) mass is 255 g/mol. The van der Waals surface area contributed by atoms with Gasteiger partial charge in [-0.3, -0.25) is 0 Å². The molecule has 0 saturated carbocycles. The van der Waals surface area contributed by atoms with Crippen LogP contribution in [0.3, 0.4) is 0 Å². The van der Waals surface area contributed by atoms with Gasteiger partial charge < -0.3 is 10.0 Å². The summed E-state index contributed by atoms with van der Waals surface area (Å²) >= 11 is 1.69. The molecule has 2 rings (SSSR count). The maximum absolute atomic E-state index is 12.7. The van der Waals surface area contributed by atoms with Crippen LogP contribution in [0.5, 0.6) is 0 Å². The van der Waals surface area contributed by atoms with Gasteiger partial charge in [-0.2, -0.15) is 0 Å². The van der Waals surface area contributed by atoms with Gasteiger partial charge in [-0.1, -0.05) is 6.92 Å². The fourth-order valence-electron chi connectivity index (χ4n) is 2.10. The third kappa shape index (κ3) is 3.44. The Bertz CT molecular complexity index is 357. The van der Waals surface area contributed by atoms with Crippen molar-refractivity contribution in [3.63, 3.8) is 0 Å². The van der Waals surface area contributed by atoms with Crippen LogP contribution in [0.2, 0.25) is 0 Å². The molecule has 0 aromatic heterocycles. The van der Waals surface area contributed by atoms with Crippen molar-refractivity contribution in [1.29, 1.82) is 0 Å². The van der Waals surface area contributed by atoms with Gasteiger partial charge in [0.25, 0.3) is 0 Å². The molecule has 1 aliphatic rings. The molecule has 1 heterocycles. The first-order valence-corrected chi connectivity index (χ1v) is 6.96. The smallest absolute Gasteiger partial charge is 0.123 e. The highest BCUT2D eigenvalue weighted by Gasteiger charge is 2.29. The number of rotatable bonds is 4. The van der Waals surface area contributed by atoms with Crippen molar-refractivity contribution in [2.75, 3.05) is 25.4 Å². The number of thioether (sulfide) groups is 1. The number of benzene rings is 1. The molecule has 1 N–H and O–H groups in total. The third-order valence-electron chi connectivity index (χ3n) is 3.21. The molecule has 17 heavy (non-hydrogen) atoms. The van der Waals surface area contributed by atoms with Crippen LogP contribution in [-0.2, 0) is 0 Å². The normalized spacial score (nSPS) is 25.4. The molecule has 2 atom stereocenters. The second kappa shape index (κ2) is 5.85. The van der Waals surface area contributed by atoms with E-state index in [-0.39, 0.29) is 11.9 Å². The summed E-state index contributed by atoms with van der Waals surface area (Å²) < 4.78 is 12.7. The average molecular weight is 255 g/mol. The number of β-amino-alcohol motifs (C(OH)–C–C–N with tert-alkyl or cyclic N) is 1. The zero-order chi connectivity index (χ0) is 12.3. The van der Waals surface area contributed by atoms with E-state index in [1.807, 2.05) is 0 Å². The Balaban J connectivity index is 1.84. The first-order chi connectivity index (χ1) is 8.19. The fraction of sp³-hybridized carbons (Fsp3) is 0.538. The number of aliphatic hydroxyl groups is 1. The quantitative estimate of drug-likeness (QED) is 0.835. The summed E-state index contributed by atoms with van der Waals surface area (Å²) in [6, 6.07) is 6.54. The molecule has 94 valence electrons. The molecule has 1 saturated heterocycles. The Morgan fingerprint density at radius 1 is 1.35 bits per heavy atom. The maximum atomic E-state index is 12.7. The molecule has 4 heteroatoms. The van der Waals surface area contributed by atoms with Gasteiger partial charge in [0.2, 0.25) is 0 Å². The van der Waals surface area contributed by atoms with Crippen LogP contribution in [-0.4, -0.2) is 41.5 Å². The summed E-state index contributed by atoms with van der Waals surface area (Å²) in [5, 5.41) is 9.90. The van der Waals surface area contributed by atoms with Gasteiger partial charge in [0.05, 0.1) is 6.10 Å². The van der Waals surface area contributed by atoms with Crippen molar-refractivity contribution >= 4 is 11.8 Å². The average Bonchev–Trinajstić information content (AvgIpc) is 2.69. The predicted octanol–water partition coefficient (Wildman–Crippen LogP) is 2.23. The topological polar surface area (TPSA) is 23.5 Å². The first kappa shape index (κ1) is 12.9. The Morgan fingerprint density at radius 2 is 2.06 bits per heavy atom. The second-order valence-electron chi connectivity index (χ2n) is 4.44. The van der Waals surface area contributed by atoms with Crippen LogP contribution >= 0.6 is 11.8 Å². The highest BCUT2D eigenvalue weighted by Crippen LogP contribution is 2.26. The molecule has 0 bridgehead atoms. The molecule has 2 nitrogen and oxygen atoms in total. The lowest BCUT2D eigenvalue weighted by atomic mass is 10.1. The zero-order valence-electron chi connectivity index (χ0n) is 9.97. The number of aliphatic hydroxyl groups excluding tert-OH is 1. The summed E-state index contributed by atoms with van der Waals surface area (Å²) in [5.74, 6) is 1.01. The largest absolute Gasteiger partial charge is 0.391 e. The van der Waals surface area contributed by atoms with E-state index in [1.54, 1.807) is 23.9 Å². The van der Waals surface area contributed by atoms with Crippen LogP contribution in [0, 0.1) is 11.7 Å². The van der Waals surface area contributed by atoms with Crippen molar-refractivity contribution in [1.82, 2.24) is 4.90 Å². The molecule has 0 amide bonds. The van der Waals surface area contributed by atoms with E-state index in [9.17, 15) is 9.50 Å². The minimum atomic E-state index is -0.220. The minimum absolute atomic E-state index is 0.201. The highest BCUT2D eigenvalue weighted by atomic mass is 32.2. The van der Waals surface area contributed by atoms with Crippen molar-refractivity contribution in [2.24, 2.45) is 5.92 Å². The molecule has 0 unspecified atom stereocenters. The van der Waals surface area contributed by atoms with E-state index in [1.165, 1.54) is 12.1 Å². The third-order valence-corrected chi connectivity index (χ3v) is 4.41. The first-order valence-electron chi connectivity index (χ1n) is 5.98. The number of hydrogen-bond acceptors (Lipinski definition) is 3. The number of halogens is 1. The molecular formula is C13H18FNOS. The van der Waals surface area contributed by atoms with Gasteiger partial charge in [-0.05, 0) is 30.8 Å². The Kier molecular flexibility index (Phi) is 4.42. The highest BCUT2D eigenvalue weighted by molar-refractivity contribution is 7.99. The second-order valence-corrected chi connectivity index (χ2v) is 5.54. The molecule has 1 aliphatic heterocycles. The Hall–Kier alpha value is -0.580. The lowest BCUT2D eigenvalue weighted by Gasteiger charge is -2.13. The summed E-state index contributed by atoms with van der Waals surface area (Å²) in [4.78, 5) is 3.33. The number of nitrogens with zero attached hydrogens (tertiary/aromatic N) is 1. The molecule has 1 fully saturated rings. The lowest BCUT2D eigenvalue weighted by molar-refractivity contribution is 0.150. The van der Waals surface area contributed by atoms with E-state index in [2.05, 4.69) is 11.8 Å². The van der Waals surface area contributed by atoms with Crippen LogP contribution in [0.25, 0.3) is 0 Å². The Labute approximate surface area is 106 Å². The maximum Gasteiger partial charge on any atom is 0.123 e. The van der Waals surface area contributed by atoms with E-state index in [0.29, 0.717) is 5.92 Å². The molecule has 1 aromatic carbocycles. The summed E-state index contributed by atoms with van der Waals surface area (Å²) in [6.07, 6.45) is -0.220. The van der Waals surface area contributed by atoms with Gasteiger partial charge in [-0.25, -0.2) is 4.39 Å². The van der Waals surface area contributed by atoms with Gasteiger partial charge in [0.15, 0.2) is 0 Å². The standard InChI is InChI=1S/C13H18FNOS/c1-2-15-7-10(13(16)8-15)9-17-12-5-3-11(14)4-6-12/h3-6,10,13,16H,2,7-9H2,1H3/t10-,13+/m0/s1. The SMILES string of the molecule is CCN1C[C@@H](CSc2ccc(F)cc2)[C@H](O)C1. The van der Waals surface area contributed by atoms with Crippen molar-refractivity contribution in [3.8, 4) is 0 Å². The van der Waals surface area contributed by atoms with E-state index >= 15 is 0 Å². The summed E-state index contributed by atoms with van der Waals surface area (Å²) in [6.45, 7) is 4.86. The van der Waals surface area contributed by atoms with Gasteiger partial charge in [0.1, 0.15) is 5.82 Å². The number of likely N-dealkylation sites (tertiary alicyclic amines) is 1. The molecule has 0 spiro atoms. The predicted molar refractivity (Wildman–Crippen MR) is 68.7 cm³/mol. The molecule has 1 aromatic rings. The summed E-state index contributed by atoms with van der Waals surface area (Å²) in [5.41, 5.74) is 0. The zero-order valence-corrected chi connectivity index (χ0v) is 10.8. The summed E-state index contributed by atoms with van der Waals surface area (Å²) in [7, 11) is 0. The molecular weight excluding hydrogens is 237 g/mol. The van der Waals surface area contributed by atoms with Crippen LogP contribution < -0.4 is 0 Å². The van der Waals surface area contributed by atoms with Crippen LogP contribution in [0.15, 0.2) is 29.2 Å². The van der Waals surface area contributed by atoms with Gasteiger partial charge >= 0.3 is 0 Å². The number of likely N-dealkylation sites (N-methyl/N-ethyl adjacent to an activating group) is 1. The van der Waals surface area contributed by atoms with Gasteiger partial charge in [-0.15, -0.1) is 11.8 Å². The molecule has 0 radical (unpaired) electrons. The van der Waals surface area contributed by atoms with E-state index in [0.717, 1.165) is 30.3 Å². The van der Waals surface area contributed by atoms with Crippen molar-refractivity contribution in [3.05, 3.63) is 30.1 Å². The lowest BCUT2D eigenvalue weighted by Crippen LogP contribution is -2.21.